The van der Waals surface area contributed by atoms with Gasteiger partial charge in [0.2, 0.25) is 0 Å². The molecule has 0 atom stereocenters. The Kier molecular flexibility index (Phi) is 7.81. The van der Waals surface area contributed by atoms with Crippen LogP contribution in [0.15, 0.2) is 36.4 Å². The lowest BCUT2D eigenvalue weighted by Gasteiger charge is -2.02. The molecule has 0 spiro atoms. The van der Waals surface area contributed by atoms with E-state index in [9.17, 15) is 17.2 Å². The maximum absolute atomic E-state index is 13.0. The van der Waals surface area contributed by atoms with Crippen LogP contribution in [0.4, 0.5) is 8.78 Å². The first-order valence-electron chi connectivity index (χ1n) is 7.02. The molecule has 2 rings (SSSR count). The second kappa shape index (κ2) is 9.59. The van der Waals surface area contributed by atoms with Crippen LogP contribution in [-0.2, 0) is 27.5 Å². The number of aliphatic hydroxyl groups is 1. The molecule has 0 aromatic heterocycles. The third kappa shape index (κ3) is 6.95. The van der Waals surface area contributed by atoms with Gasteiger partial charge in [0.25, 0.3) is 10.1 Å². The normalized spacial score (nSPS) is 10.2. The minimum Gasteiger partial charge on any atom is -0.392 e. The van der Waals surface area contributed by atoms with Crippen molar-refractivity contribution in [2.24, 2.45) is 0 Å². The second-order valence-electron chi connectivity index (χ2n) is 4.98. The number of nitrogens with zero attached hydrogens (tertiary/aromatic N) is 2. The molecule has 0 amide bonds. The van der Waals surface area contributed by atoms with Gasteiger partial charge < -0.3 is 5.11 Å². The summed E-state index contributed by atoms with van der Waals surface area (Å²) in [4.78, 5) is 0. The summed E-state index contributed by atoms with van der Waals surface area (Å²) >= 11 is 0. The van der Waals surface area contributed by atoms with Gasteiger partial charge in [0.05, 0.1) is 30.6 Å². The average molecular weight is 380 g/mol. The first-order valence-corrected chi connectivity index (χ1v) is 8.84. The van der Waals surface area contributed by atoms with Gasteiger partial charge in [-0.05, 0) is 35.4 Å². The Labute approximate surface area is 149 Å². The summed E-state index contributed by atoms with van der Waals surface area (Å²) in [6.45, 7) is -0.440. The van der Waals surface area contributed by atoms with Gasteiger partial charge in [0, 0.05) is 0 Å². The molecule has 0 aliphatic carbocycles. The second-order valence-corrected chi connectivity index (χ2v) is 6.62. The Balaban J connectivity index is 0.000000273. The highest BCUT2D eigenvalue weighted by atomic mass is 32.2. The summed E-state index contributed by atoms with van der Waals surface area (Å²) in [6, 6.07) is 11.2. The van der Waals surface area contributed by atoms with Gasteiger partial charge in [-0.1, -0.05) is 12.1 Å². The Morgan fingerprint density at radius 2 is 1.46 bits per heavy atom. The van der Waals surface area contributed by atoms with Gasteiger partial charge in [0.15, 0.2) is 0 Å². The number of nitriles is 2. The molecule has 1 N–H and O–H groups in total. The number of halogens is 2. The summed E-state index contributed by atoms with van der Waals surface area (Å²) < 4.78 is 51.5. The molecule has 9 heteroatoms. The molecule has 0 heterocycles. The Hall–Kier alpha value is -2.85. The molecule has 0 aliphatic rings. The zero-order chi connectivity index (χ0) is 19.7. The van der Waals surface area contributed by atoms with E-state index in [0.29, 0.717) is 11.1 Å². The summed E-state index contributed by atoms with van der Waals surface area (Å²) in [5.41, 5.74) is 0.749. The van der Waals surface area contributed by atoms with Crippen molar-refractivity contribution in [3.8, 4) is 12.1 Å². The van der Waals surface area contributed by atoms with Crippen LogP contribution in [0.5, 0.6) is 0 Å². The predicted molar refractivity (Wildman–Crippen MR) is 87.8 cm³/mol. The van der Waals surface area contributed by atoms with E-state index in [4.69, 9.17) is 15.6 Å². The summed E-state index contributed by atoms with van der Waals surface area (Å²) in [5.74, 6) is -1.27. The average Bonchev–Trinajstić information content (AvgIpc) is 2.60. The van der Waals surface area contributed by atoms with E-state index in [0.717, 1.165) is 18.4 Å². The van der Waals surface area contributed by atoms with E-state index in [-0.39, 0.29) is 24.3 Å². The largest absolute Gasteiger partial charge is 0.392 e. The zero-order valence-corrected chi connectivity index (χ0v) is 14.4. The SMILES string of the molecule is CS(=O)(=O)OCc1ccc(C#N)c(F)c1.N#Cc1ccc(CO)cc1F. The van der Waals surface area contributed by atoms with Crippen molar-refractivity contribution in [2.45, 2.75) is 13.2 Å². The molecular formula is C17H14F2N2O4S. The van der Waals surface area contributed by atoms with Crippen molar-refractivity contribution in [1.29, 1.82) is 10.5 Å². The van der Waals surface area contributed by atoms with Crippen molar-refractivity contribution in [1.82, 2.24) is 0 Å². The van der Waals surface area contributed by atoms with E-state index < -0.39 is 21.8 Å². The van der Waals surface area contributed by atoms with Crippen molar-refractivity contribution in [3.05, 3.63) is 70.3 Å². The van der Waals surface area contributed by atoms with E-state index in [2.05, 4.69) is 4.18 Å². The van der Waals surface area contributed by atoms with Crippen LogP contribution in [-0.4, -0.2) is 19.8 Å². The van der Waals surface area contributed by atoms with Crippen LogP contribution in [0.25, 0.3) is 0 Å². The molecule has 0 aliphatic heterocycles. The number of aliphatic hydroxyl groups excluding tert-OH is 1. The van der Waals surface area contributed by atoms with Crippen LogP contribution in [0.1, 0.15) is 22.3 Å². The van der Waals surface area contributed by atoms with Crippen molar-refractivity contribution >= 4 is 10.1 Å². The highest BCUT2D eigenvalue weighted by Crippen LogP contribution is 2.11. The number of benzene rings is 2. The summed E-state index contributed by atoms with van der Waals surface area (Å²) in [6.07, 6.45) is 0.910. The molecule has 0 bridgehead atoms. The first kappa shape index (κ1) is 21.2. The smallest absolute Gasteiger partial charge is 0.264 e. The van der Waals surface area contributed by atoms with Gasteiger partial charge in [-0.15, -0.1) is 0 Å². The molecule has 26 heavy (non-hydrogen) atoms. The summed E-state index contributed by atoms with van der Waals surface area (Å²) in [7, 11) is -3.54. The highest BCUT2D eigenvalue weighted by molar-refractivity contribution is 7.85. The first-order chi connectivity index (χ1) is 12.2. The van der Waals surface area contributed by atoms with Crippen LogP contribution < -0.4 is 0 Å². The Bertz CT molecular complexity index is 964. The van der Waals surface area contributed by atoms with E-state index in [1.165, 1.54) is 24.3 Å². The maximum Gasteiger partial charge on any atom is 0.264 e. The zero-order valence-electron chi connectivity index (χ0n) is 13.6. The van der Waals surface area contributed by atoms with E-state index in [1.54, 1.807) is 12.1 Å². The molecule has 0 fully saturated rings. The van der Waals surface area contributed by atoms with Gasteiger partial charge in [0.1, 0.15) is 23.8 Å². The van der Waals surface area contributed by atoms with Gasteiger partial charge in [-0.3, -0.25) is 4.18 Å². The Morgan fingerprint density at radius 1 is 1.00 bits per heavy atom. The molecular weight excluding hydrogens is 366 g/mol. The monoisotopic (exact) mass is 380 g/mol. The fourth-order valence-corrected chi connectivity index (χ4v) is 2.01. The molecule has 0 unspecified atom stereocenters. The molecule has 2 aromatic rings. The standard InChI is InChI=1S/C9H8FNO3S.C8H6FNO/c1-15(12,13)14-6-7-2-3-8(5-11)9(10)4-7;9-8-3-6(5-11)1-2-7(8)4-10/h2-4H,6H2,1H3;1-3,11H,5H2. The van der Waals surface area contributed by atoms with Crippen molar-refractivity contribution in [2.75, 3.05) is 6.26 Å². The van der Waals surface area contributed by atoms with Crippen LogP contribution in [0.2, 0.25) is 0 Å². The lowest BCUT2D eigenvalue weighted by Crippen LogP contribution is -2.03. The molecule has 136 valence electrons. The van der Waals surface area contributed by atoms with Crippen LogP contribution in [0.3, 0.4) is 0 Å². The maximum atomic E-state index is 13.0. The third-order valence-corrected chi connectivity index (χ3v) is 3.48. The van der Waals surface area contributed by atoms with Crippen molar-refractivity contribution in [3.63, 3.8) is 0 Å². The van der Waals surface area contributed by atoms with Crippen LogP contribution >= 0.6 is 0 Å². The van der Waals surface area contributed by atoms with E-state index >= 15 is 0 Å². The lowest BCUT2D eigenvalue weighted by molar-refractivity contribution is 0.281. The number of hydrogen-bond donors (Lipinski definition) is 1. The fraction of sp³-hybridized carbons (Fsp3) is 0.176. The van der Waals surface area contributed by atoms with Crippen molar-refractivity contribution < 1.29 is 26.5 Å². The third-order valence-electron chi connectivity index (χ3n) is 2.93. The summed E-state index contributed by atoms with van der Waals surface area (Å²) in [5, 5.41) is 25.4. The molecule has 2 aromatic carbocycles. The minimum atomic E-state index is -3.54. The van der Waals surface area contributed by atoms with Crippen LogP contribution in [0, 0.1) is 34.3 Å². The number of hydrogen-bond acceptors (Lipinski definition) is 6. The van der Waals surface area contributed by atoms with Gasteiger partial charge >= 0.3 is 0 Å². The van der Waals surface area contributed by atoms with Gasteiger partial charge in [-0.25, -0.2) is 8.78 Å². The fourth-order valence-electron chi connectivity index (χ4n) is 1.66. The Morgan fingerprint density at radius 3 is 1.85 bits per heavy atom. The molecule has 0 radical (unpaired) electrons. The van der Waals surface area contributed by atoms with Gasteiger partial charge in [-0.2, -0.15) is 18.9 Å². The molecule has 6 nitrogen and oxygen atoms in total. The quantitative estimate of drug-likeness (QED) is 0.815. The topological polar surface area (TPSA) is 111 Å². The molecule has 0 saturated carbocycles. The predicted octanol–water partition coefficient (Wildman–Crippen LogP) is 2.36. The number of rotatable bonds is 4. The highest BCUT2D eigenvalue weighted by Gasteiger charge is 2.06. The van der Waals surface area contributed by atoms with E-state index in [1.807, 2.05) is 0 Å². The molecule has 0 saturated heterocycles. The minimum absolute atomic E-state index is 0.00204. The lowest BCUT2D eigenvalue weighted by atomic mass is 10.1.